The summed E-state index contributed by atoms with van der Waals surface area (Å²) in [5, 5.41) is 3.16. The Hall–Kier alpha value is -0.690. The molecule has 2 aliphatic rings. The molecule has 2 heterocycles. The minimum atomic E-state index is -0.343. The van der Waals surface area contributed by atoms with Crippen molar-refractivity contribution >= 4 is 5.91 Å². The van der Waals surface area contributed by atoms with Crippen LogP contribution in [-0.4, -0.2) is 76.1 Å². The van der Waals surface area contributed by atoms with Gasteiger partial charge in [-0.1, -0.05) is 0 Å². The lowest BCUT2D eigenvalue weighted by atomic mass is 10.2. The molecule has 0 spiro atoms. The van der Waals surface area contributed by atoms with Gasteiger partial charge >= 0.3 is 0 Å². The number of nitrogens with one attached hydrogen (secondary N) is 1. The van der Waals surface area contributed by atoms with Gasteiger partial charge in [-0.25, -0.2) is 0 Å². The highest BCUT2D eigenvalue weighted by atomic mass is 16.5. The van der Waals surface area contributed by atoms with E-state index < -0.39 is 0 Å². The molecule has 0 aromatic carbocycles. The third kappa shape index (κ3) is 3.38. The predicted molar refractivity (Wildman–Crippen MR) is 60.8 cm³/mol. The second-order valence-electron chi connectivity index (χ2n) is 4.30. The monoisotopic (exact) mass is 244 g/mol. The van der Waals surface area contributed by atoms with Crippen molar-refractivity contribution in [2.75, 3.05) is 53.1 Å². The minimum Gasteiger partial charge on any atom is -0.382 e. The molecule has 2 unspecified atom stereocenters. The molecule has 0 aromatic heterocycles. The molecule has 1 amide bonds. The fraction of sp³-hybridized carbons (Fsp3) is 0.909. The molecule has 17 heavy (non-hydrogen) atoms. The van der Waals surface area contributed by atoms with Gasteiger partial charge < -0.3 is 24.4 Å². The summed E-state index contributed by atoms with van der Waals surface area (Å²) in [7, 11) is 1.64. The normalized spacial score (nSPS) is 30.3. The van der Waals surface area contributed by atoms with Gasteiger partial charge in [0.15, 0.2) is 0 Å². The van der Waals surface area contributed by atoms with Crippen molar-refractivity contribution in [3.63, 3.8) is 0 Å². The van der Waals surface area contributed by atoms with E-state index in [0.29, 0.717) is 39.5 Å². The summed E-state index contributed by atoms with van der Waals surface area (Å²) in [6.45, 7) is 4.34. The van der Waals surface area contributed by atoms with E-state index in [9.17, 15) is 4.79 Å². The third-order valence-corrected chi connectivity index (χ3v) is 3.01. The molecule has 2 fully saturated rings. The van der Waals surface area contributed by atoms with Gasteiger partial charge in [0.1, 0.15) is 6.10 Å². The van der Waals surface area contributed by atoms with E-state index in [-0.39, 0.29) is 18.1 Å². The fourth-order valence-corrected chi connectivity index (χ4v) is 2.13. The average Bonchev–Trinajstić information content (AvgIpc) is 2.40. The molecule has 0 aliphatic carbocycles. The second kappa shape index (κ2) is 6.30. The average molecular weight is 244 g/mol. The molecule has 0 bridgehead atoms. The smallest absolute Gasteiger partial charge is 0.253 e. The molecular weight excluding hydrogens is 224 g/mol. The molecule has 0 radical (unpaired) electrons. The first-order valence-electron chi connectivity index (χ1n) is 6.03. The van der Waals surface area contributed by atoms with E-state index in [2.05, 4.69) is 5.32 Å². The van der Waals surface area contributed by atoms with Crippen molar-refractivity contribution in [3.05, 3.63) is 0 Å². The van der Waals surface area contributed by atoms with Crippen LogP contribution >= 0.6 is 0 Å². The molecule has 2 saturated heterocycles. The summed E-state index contributed by atoms with van der Waals surface area (Å²) in [6.07, 6.45) is -0.362. The van der Waals surface area contributed by atoms with E-state index in [1.54, 1.807) is 7.11 Å². The Morgan fingerprint density at radius 3 is 3.06 bits per heavy atom. The number of nitrogens with zero attached hydrogens (tertiary/aromatic N) is 1. The van der Waals surface area contributed by atoms with Crippen LogP contribution < -0.4 is 5.32 Å². The van der Waals surface area contributed by atoms with Gasteiger partial charge in [0, 0.05) is 33.3 Å². The first-order valence-corrected chi connectivity index (χ1v) is 6.03. The predicted octanol–water partition coefficient (Wildman–Crippen LogP) is -1.15. The molecule has 0 aromatic rings. The third-order valence-electron chi connectivity index (χ3n) is 3.01. The Labute approximate surface area is 101 Å². The van der Waals surface area contributed by atoms with Crippen molar-refractivity contribution in [1.29, 1.82) is 0 Å². The van der Waals surface area contributed by atoms with Gasteiger partial charge in [-0.05, 0) is 0 Å². The summed E-state index contributed by atoms with van der Waals surface area (Å²) in [4.78, 5) is 14.0. The Kier molecular flexibility index (Phi) is 4.73. The number of rotatable bonds is 3. The molecule has 6 nitrogen and oxygen atoms in total. The quantitative estimate of drug-likeness (QED) is 0.679. The lowest BCUT2D eigenvalue weighted by Crippen LogP contribution is -2.54. The number of carbonyl (C=O) groups is 1. The second-order valence-corrected chi connectivity index (χ2v) is 4.30. The van der Waals surface area contributed by atoms with Crippen molar-refractivity contribution in [2.24, 2.45) is 0 Å². The summed E-state index contributed by atoms with van der Waals surface area (Å²) >= 11 is 0. The Morgan fingerprint density at radius 1 is 1.47 bits per heavy atom. The molecule has 1 N–H and O–H groups in total. The van der Waals surface area contributed by atoms with E-state index in [1.165, 1.54) is 0 Å². The summed E-state index contributed by atoms with van der Waals surface area (Å²) < 4.78 is 16.0. The van der Waals surface area contributed by atoms with E-state index in [0.717, 1.165) is 6.54 Å². The summed E-state index contributed by atoms with van der Waals surface area (Å²) in [6, 6.07) is 0. The zero-order valence-corrected chi connectivity index (χ0v) is 10.2. The highest BCUT2D eigenvalue weighted by Gasteiger charge is 2.30. The maximum Gasteiger partial charge on any atom is 0.253 e. The van der Waals surface area contributed by atoms with Crippen LogP contribution in [0.2, 0.25) is 0 Å². The zero-order valence-electron chi connectivity index (χ0n) is 10.2. The van der Waals surface area contributed by atoms with Crippen LogP contribution in [0.5, 0.6) is 0 Å². The van der Waals surface area contributed by atoms with Gasteiger partial charge in [0.05, 0.1) is 25.9 Å². The van der Waals surface area contributed by atoms with Crippen molar-refractivity contribution in [3.8, 4) is 0 Å². The lowest BCUT2D eigenvalue weighted by Gasteiger charge is -2.35. The largest absolute Gasteiger partial charge is 0.382 e. The summed E-state index contributed by atoms with van der Waals surface area (Å²) in [5.41, 5.74) is 0. The van der Waals surface area contributed by atoms with E-state index >= 15 is 0 Å². The van der Waals surface area contributed by atoms with Gasteiger partial charge in [-0.2, -0.15) is 0 Å². The topological polar surface area (TPSA) is 60.0 Å². The van der Waals surface area contributed by atoms with E-state index in [4.69, 9.17) is 14.2 Å². The van der Waals surface area contributed by atoms with Crippen LogP contribution in [0.4, 0.5) is 0 Å². The number of methoxy groups -OCH3 is 1. The van der Waals surface area contributed by atoms with Gasteiger partial charge in [0.2, 0.25) is 0 Å². The van der Waals surface area contributed by atoms with Crippen LogP contribution in [0, 0.1) is 0 Å². The molecule has 2 rings (SSSR count). The Balaban J connectivity index is 1.85. The number of morpholine rings is 2. The standard InChI is InChI=1S/C11H20N2O4/c1-15-8-9-7-13(3-5-16-9)11(14)10-6-12-2-4-17-10/h9-10,12H,2-8H2,1H3. The minimum absolute atomic E-state index is 0.0192. The molecule has 98 valence electrons. The van der Waals surface area contributed by atoms with Gasteiger partial charge in [-0.3, -0.25) is 4.79 Å². The molecule has 2 aliphatic heterocycles. The van der Waals surface area contributed by atoms with Crippen molar-refractivity contribution in [2.45, 2.75) is 12.2 Å². The van der Waals surface area contributed by atoms with Gasteiger partial charge in [0.25, 0.3) is 5.91 Å². The maximum atomic E-state index is 12.2. The van der Waals surface area contributed by atoms with Gasteiger partial charge in [-0.15, -0.1) is 0 Å². The highest BCUT2D eigenvalue weighted by Crippen LogP contribution is 2.09. The Bertz CT molecular complexity index is 254. The zero-order chi connectivity index (χ0) is 12.1. The summed E-state index contributed by atoms with van der Waals surface area (Å²) in [5.74, 6) is 0.0570. The molecule has 0 saturated carbocycles. The highest BCUT2D eigenvalue weighted by molar-refractivity contribution is 5.81. The Morgan fingerprint density at radius 2 is 2.35 bits per heavy atom. The SMILES string of the molecule is COCC1CN(C(=O)C2CNCCO2)CCO1. The lowest BCUT2D eigenvalue weighted by molar-refractivity contribution is -0.154. The first kappa shape index (κ1) is 12.8. The van der Waals surface area contributed by atoms with Crippen LogP contribution in [0.1, 0.15) is 0 Å². The number of carbonyl (C=O) groups excluding carboxylic acids is 1. The van der Waals surface area contributed by atoms with Crippen molar-refractivity contribution in [1.82, 2.24) is 10.2 Å². The fourth-order valence-electron chi connectivity index (χ4n) is 2.13. The van der Waals surface area contributed by atoms with Crippen molar-refractivity contribution < 1.29 is 19.0 Å². The van der Waals surface area contributed by atoms with Crippen LogP contribution in [0.3, 0.4) is 0 Å². The number of ether oxygens (including phenoxy) is 3. The van der Waals surface area contributed by atoms with Crippen LogP contribution in [0.15, 0.2) is 0 Å². The molecule has 6 heteroatoms. The molecule has 2 atom stereocenters. The number of amides is 1. The first-order chi connectivity index (χ1) is 8.31. The maximum absolute atomic E-state index is 12.2. The number of hydrogen-bond acceptors (Lipinski definition) is 5. The van der Waals surface area contributed by atoms with Crippen LogP contribution in [0.25, 0.3) is 0 Å². The molecular formula is C11H20N2O4. The van der Waals surface area contributed by atoms with E-state index in [1.807, 2.05) is 4.90 Å². The number of hydrogen-bond donors (Lipinski definition) is 1. The van der Waals surface area contributed by atoms with Crippen LogP contribution in [-0.2, 0) is 19.0 Å².